The van der Waals surface area contributed by atoms with Gasteiger partial charge in [0.2, 0.25) is 0 Å². The first-order valence-corrected chi connectivity index (χ1v) is 20.5. The van der Waals surface area contributed by atoms with Gasteiger partial charge in [-0.05, 0) is 19.3 Å². The van der Waals surface area contributed by atoms with Gasteiger partial charge in [0.05, 0.1) is 46.6 Å². The van der Waals surface area contributed by atoms with E-state index in [-0.39, 0.29) is 74.0 Å². The molecule has 0 fully saturated rings. The largest absolute Gasteiger partial charge is 0.496 e. The van der Waals surface area contributed by atoms with E-state index in [9.17, 15) is 40.5 Å². The number of fused-ring (bicyclic) bond motifs is 8. The van der Waals surface area contributed by atoms with Crippen molar-refractivity contribution >= 4 is 22.7 Å². The Hall–Kier alpha value is -6.32. The normalized spacial score (nSPS) is 12.1. The zero-order valence-corrected chi connectivity index (χ0v) is 34.6. The van der Waals surface area contributed by atoms with E-state index in [2.05, 4.69) is 0 Å². The average Bonchev–Trinajstić information content (AvgIpc) is 3.20. The zero-order valence-electron chi connectivity index (χ0n) is 34.6. The lowest BCUT2D eigenvalue weighted by Crippen LogP contribution is -2.11. The lowest BCUT2D eigenvalue weighted by molar-refractivity contribution is -0.385. The van der Waals surface area contributed by atoms with Crippen LogP contribution in [0.25, 0.3) is 0 Å². The number of hydrogen-bond donors (Lipinski definition) is 0. The Kier molecular flexibility index (Phi) is 15.7. The van der Waals surface area contributed by atoms with Gasteiger partial charge in [-0.1, -0.05) is 59.3 Å². The van der Waals surface area contributed by atoms with Crippen molar-refractivity contribution in [3.63, 3.8) is 0 Å². The molecule has 1 aliphatic carbocycles. The van der Waals surface area contributed by atoms with Crippen LogP contribution in [0.2, 0.25) is 0 Å². The van der Waals surface area contributed by atoms with Crippen molar-refractivity contribution in [2.24, 2.45) is 0 Å². The molecule has 0 radical (unpaired) electrons. The maximum absolute atomic E-state index is 12.6. The molecule has 4 aromatic carbocycles. The molecular weight excluding hydrogens is 776 g/mol. The zero-order chi connectivity index (χ0) is 43.3. The molecule has 60 heavy (non-hydrogen) atoms. The van der Waals surface area contributed by atoms with Gasteiger partial charge in [0.25, 0.3) is 22.7 Å². The highest BCUT2D eigenvalue weighted by molar-refractivity contribution is 5.62. The summed E-state index contributed by atoms with van der Waals surface area (Å²) in [5.74, 6) is 1.20. The smallest absolute Gasteiger partial charge is 0.270 e. The Morgan fingerprint density at radius 2 is 0.617 bits per heavy atom. The molecule has 0 heterocycles. The summed E-state index contributed by atoms with van der Waals surface area (Å²) in [5.41, 5.74) is 1.71. The Balaban J connectivity index is 1.91. The van der Waals surface area contributed by atoms with E-state index in [1.807, 2.05) is 20.8 Å². The fraction of sp³-hybridized carbons (Fsp3) is 0.455. The van der Waals surface area contributed by atoms with Gasteiger partial charge in [0.15, 0.2) is 0 Å². The molecule has 0 saturated carbocycles. The fourth-order valence-corrected chi connectivity index (χ4v) is 7.63. The Labute approximate surface area is 348 Å². The minimum absolute atomic E-state index is 0.0898. The first-order chi connectivity index (χ1) is 28.9. The van der Waals surface area contributed by atoms with Crippen molar-refractivity contribution in [1.82, 2.24) is 0 Å². The maximum atomic E-state index is 12.6. The molecule has 4 aromatic rings. The molecule has 0 saturated heterocycles. The molecule has 5 rings (SSSR count). The first-order valence-electron chi connectivity index (χ1n) is 20.5. The molecule has 0 amide bonds. The molecule has 0 aliphatic heterocycles. The highest BCUT2D eigenvalue weighted by Gasteiger charge is 2.29. The van der Waals surface area contributed by atoms with Gasteiger partial charge in [-0.2, -0.15) is 0 Å². The number of ether oxygens (including phenoxy) is 4. The van der Waals surface area contributed by atoms with Crippen LogP contribution in [-0.2, 0) is 25.7 Å². The summed E-state index contributed by atoms with van der Waals surface area (Å²) in [6.07, 6.45) is 6.93. The molecule has 16 nitrogen and oxygen atoms in total. The molecule has 0 unspecified atom stereocenters. The number of rotatable bonds is 20. The number of hydrogen-bond acceptors (Lipinski definition) is 12. The van der Waals surface area contributed by atoms with Gasteiger partial charge >= 0.3 is 0 Å². The third-order valence-corrected chi connectivity index (χ3v) is 10.5. The van der Waals surface area contributed by atoms with E-state index in [1.54, 1.807) is 0 Å². The van der Waals surface area contributed by atoms with Crippen molar-refractivity contribution in [2.75, 3.05) is 26.9 Å². The van der Waals surface area contributed by atoms with Crippen LogP contribution in [0.3, 0.4) is 0 Å². The molecule has 0 aromatic heterocycles. The Morgan fingerprint density at radius 1 is 0.400 bits per heavy atom. The van der Waals surface area contributed by atoms with Crippen molar-refractivity contribution in [2.45, 2.75) is 104 Å². The number of methoxy groups -OCH3 is 1. The van der Waals surface area contributed by atoms with Crippen LogP contribution >= 0.6 is 0 Å². The number of nitro benzene ring substituents is 4. The van der Waals surface area contributed by atoms with Crippen LogP contribution in [-0.4, -0.2) is 46.6 Å². The Morgan fingerprint density at radius 3 is 0.800 bits per heavy atom. The summed E-state index contributed by atoms with van der Waals surface area (Å²) >= 11 is 0. The van der Waals surface area contributed by atoms with Gasteiger partial charge < -0.3 is 18.9 Å². The van der Waals surface area contributed by atoms with Crippen LogP contribution in [0.5, 0.6) is 23.0 Å². The van der Waals surface area contributed by atoms with Crippen LogP contribution in [0.1, 0.15) is 123 Å². The SMILES string of the molecule is CCCCCOc1c2cc([N+](=O)[O-])cc1Cc1cc([N+](=O)[O-])cc(c1OCCCCC)Cc1cc([N+](=O)[O-])cc(c1OCCCCC)Cc1cc([N+](=O)[O-])cc(c1OC)C2. The lowest BCUT2D eigenvalue weighted by Gasteiger charge is -2.22. The van der Waals surface area contributed by atoms with Gasteiger partial charge in [-0.15, -0.1) is 0 Å². The topological polar surface area (TPSA) is 209 Å². The second-order valence-corrected chi connectivity index (χ2v) is 15.0. The van der Waals surface area contributed by atoms with E-state index in [0.717, 1.165) is 38.5 Å². The van der Waals surface area contributed by atoms with Crippen LogP contribution in [0, 0.1) is 40.5 Å². The van der Waals surface area contributed by atoms with Crippen LogP contribution < -0.4 is 18.9 Å². The van der Waals surface area contributed by atoms with Crippen LogP contribution in [0.4, 0.5) is 22.7 Å². The number of unbranched alkanes of at least 4 members (excludes halogenated alkanes) is 6. The number of nitrogens with zero attached hydrogens (tertiary/aromatic N) is 4. The summed E-state index contributed by atoms with van der Waals surface area (Å²) in [5, 5.41) is 50.1. The lowest BCUT2D eigenvalue weighted by atomic mass is 9.90. The van der Waals surface area contributed by atoms with Gasteiger partial charge in [-0.3, -0.25) is 40.5 Å². The van der Waals surface area contributed by atoms with Crippen molar-refractivity contribution in [3.05, 3.63) is 133 Å². The van der Waals surface area contributed by atoms with Crippen molar-refractivity contribution in [1.29, 1.82) is 0 Å². The number of benzene rings is 4. The van der Waals surface area contributed by atoms with Gasteiger partial charge in [0.1, 0.15) is 23.0 Å². The fourth-order valence-electron chi connectivity index (χ4n) is 7.63. The van der Waals surface area contributed by atoms with E-state index >= 15 is 0 Å². The standard InChI is InChI=1S/C44H52N4O12/c1-5-8-11-14-58-42-31-17-29-21-37(45(49)50)22-30(41(29)57-4)18-32-24-39(47(53)54)26-34(43(32)59-15-12-9-6-2)20-36-28-40(48(55)56)27-35(44(36)60-16-13-10-7-3)19-33(42)25-38(23-31)46(51)52/h21-28H,5-20H2,1-4H3. The molecule has 1 aliphatic rings. The van der Waals surface area contributed by atoms with E-state index in [4.69, 9.17) is 18.9 Å². The summed E-state index contributed by atoms with van der Waals surface area (Å²) in [6, 6.07) is 11.0. The molecule has 0 spiro atoms. The minimum Gasteiger partial charge on any atom is -0.496 e. The summed E-state index contributed by atoms with van der Waals surface area (Å²) in [4.78, 5) is 48.0. The second-order valence-electron chi connectivity index (χ2n) is 15.0. The van der Waals surface area contributed by atoms with E-state index < -0.39 is 19.7 Å². The average molecular weight is 829 g/mol. The third-order valence-electron chi connectivity index (χ3n) is 10.5. The highest BCUT2D eigenvalue weighted by Crippen LogP contribution is 2.43. The summed E-state index contributed by atoms with van der Waals surface area (Å²) in [7, 11) is 1.41. The first kappa shape index (κ1) is 44.8. The second kappa shape index (κ2) is 21.1. The van der Waals surface area contributed by atoms with Crippen LogP contribution in [0.15, 0.2) is 48.5 Å². The molecule has 0 N–H and O–H groups in total. The molecule has 320 valence electrons. The van der Waals surface area contributed by atoms with Crippen molar-refractivity contribution in [3.8, 4) is 23.0 Å². The predicted octanol–water partition coefficient (Wildman–Crippen LogP) is 10.7. The third kappa shape index (κ3) is 11.0. The quantitative estimate of drug-likeness (QED) is 0.0407. The molecule has 16 heteroatoms. The highest BCUT2D eigenvalue weighted by atomic mass is 16.6. The molecule has 8 bridgehead atoms. The van der Waals surface area contributed by atoms with E-state index in [0.29, 0.717) is 81.0 Å². The Bertz CT molecular complexity index is 2100. The minimum atomic E-state index is -0.547. The molecular formula is C44H52N4O12. The molecule has 0 atom stereocenters. The van der Waals surface area contributed by atoms with E-state index in [1.165, 1.54) is 55.6 Å². The number of non-ortho nitro benzene ring substituents is 4. The summed E-state index contributed by atoms with van der Waals surface area (Å²) < 4.78 is 25.4. The summed E-state index contributed by atoms with van der Waals surface area (Å²) in [6.45, 7) is 6.92. The van der Waals surface area contributed by atoms with Crippen molar-refractivity contribution < 1.29 is 38.6 Å². The van der Waals surface area contributed by atoms with Gasteiger partial charge in [0, 0.05) is 119 Å². The monoisotopic (exact) mass is 828 g/mol. The number of nitro groups is 4. The maximum Gasteiger partial charge on any atom is 0.270 e. The predicted molar refractivity (Wildman–Crippen MR) is 225 cm³/mol. The van der Waals surface area contributed by atoms with Gasteiger partial charge in [-0.25, -0.2) is 0 Å².